The van der Waals surface area contributed by atoms with Crippen LogP contribution in [0, 0.1) is 0 Å². The zero-order chi connectivity index (χ0) is 12.3. The number of carbonyl (C=O) groups excluding carboxylic acids is 2. The van der Waals surface area contributed by atoms with Crippen LogP contribution in [0.2, 0.25) is 0 Å². The van der Waals surface area contributed by atoms with Crippen LogP contribution in [0.15, 0.2) is 0 Å². The van der Waals surface area contributed by atoms with Gasteiger partial charge in [-0.25, -0.2) is 4.79 Å². The summed E-state index contributed by atoms with van der Waals surface area (Å²) >= 11 is 5.43. The fourth-order valence-electron chi connectivity index (χ4n) is 2.08. The van der Waals surface area contributed by atoms with Gasteiger partial charge in [0.25, 0.3) is 0 Å². The van der Waals surface area contributed by atoms with Crippen LogP contribution in [-0.2, 0) is 4.79 Å². The highest BCUT2D eigenvalue weighted by Crippen LogP contribution is 2.27. The van der Waals surface area contributed by atoms with Crippen molar-refractivity contribution >= 4 is 23.5 Å². The molecule has 2 fully saturated rings. The summed E-state index contributed by atoms with van der Waals surface area (Å²) in [5.41, 5.74) is 0. The molecule has 1 N–H and O–H groups in total. The molecule has 0 radical (unpaired) electrons. The van der Waals surface area contributed by atoms with E-state index < -0.39 is 0 Å². The fourth-order valence-corrected chi connectivity index (χ4v) is 2.25. The van der Waals surface area contributed by atoms with E-state index in [4.69, 9.17) is 11.6 Å². The first-order valence-corrected chi connectivity index (χ1v) is 6.63. The molecule has 3 amide bonds. The molecule has 0 unspecified atom stereocenters. The van der Waals surface area contributed by atoms with Gasteiger partial charge in [0.15, 0.2) is 0 Å². The van der Waals surface area contributed by atoms with Crippen molar-refractivity contribution in [3.05, 3.63) is 0 Å². The van der Waals surface area contributed by atoms with Gasteiger partial charge in [0.05, 0.1) is 0 Å². The molecule has 1 aliphatic carbocycles. The summed E-state index contributed by atoms with van der Waals surface area (Å²) in [6, 6.07) is 0.466. The second kappa shape index (κ2) is 5.69. The minimum Gasteiger partial charge on any atom is -0.322 e. The number of nitrogens with one attached hydrogen (secondary N) is 1. The predicted octanol–water partition coefficient (Wildman–Crippen LogP) is 0.631. The van der Waals surface area contributed by atoms with Crippen molar-refractivity contribution in [1.29, 1.82) is 0 Å². The van der Waals surface area contributed by atoms with Crippen molar-refractivity contribution < 1.29 is 9.59 Å². The number of urea groups is 1. The zero-order valence-electron chi connectivity index (χ0n) is 9.82. The highest BCUT2D eigenvalue weighted by molar-refractivity contribution is 6.19. The summed E-state index contributed by atoms with van der Waals surface area (Å²) in [6.45, 7) is 3.25. The van der Waals surface area contributed by atoms with Gasteiger partial charge < -0.3 is 4.90 Å². The number of amides is 3. The van der Waals surface area contributed by atoms with E-state index in [1.165, 1.54) is 12.8 Å². The van der Waals surface area contributed by atoms with Gasteiger partial charge in [-0.05, 0) is 12.8 Å². The van der Waals surface area contributed by atoms with Crippen molar-refractivity contribution in [3.8, 4) is 0 Å². The number of nitrogens with zero attached hydrogens (tertiary/aromatic N) is 2. The summed E-state index contributed by atoms with van der Waals surface area (Å²) < 4.78 is 0. The maximum Gasteiger partial charge on any atom is 0.324 e. The maximum absolute atomic E-state index is 11.7. The SMILES string of the molecule is O=C(CCCl)NC(=O)N1CCN(C2CC2)CC1. The molecular weight excluding hydrogens is 242 g/mol. The Morgan fingerprint density at radius 3 is 2.35 bits per heavy atom. The monoisotopic (exact) mass is 259 g/mol. The Labute approximate surface area is 106 Å². The molecule has 5 nitrogen and oxygen atoms in total. The quantitative estimate of drug-likeness (QED) is 0.757. The molecule has 1 heterocycles. The average molecular weight is 260 g/mol. The molecule has 17 heavy (non-hydrogen) atoms. The van der Waals surface area contributed by atoms with Crippen LogP contribution in [0.25, 0.3) is 0 Å². The molecule has 0 bridgehead atoms. The standard InChI is InChI=1S/C11H18ClN3O2/c12-4-3-10(16)13-11(17)15-7-5-14(6-8-15)9-1-2-9/h9H,1-8H2,(H,13,16,17). The Balaban J connectivity index is 1.71. The lowest BCUT2D eigenvalue weighted by Crippen LogP contribution is -2.53. The van der Waals surface area contributed by atoms with Crippen LogP contribution in [0.4, 0.5) is 4.79 Å². The van der Waals surface area contributed by atoms with Crippen LogP contribution >= 0.6 is 11.6 Å². The van der Waals surface area contributed by atoms with Crippen molar-refractivity contribution in [1.82, 2.24) is 15.1 Å². The molecule has 96 valence electrons. The molecule has 0 aromatic carbocycles. The van der Waals surface area contributed by atoms with Crippen molar-refractivity contribution in [2.75, 3.05) is 32.1 Å². The topological polar surface area (TPSA) is 52.7 Å². The van der Waals surface area contributed by atoms with Gasteiger partial charge in [0.1, 0.15) is 0 Å². The lowest BCUT2D eigenvalue weighted by atomic mass is 10.3. The van der Waals surface area contributed by atoms with E-state index in [0.717, 1.165) is 19.1 Å². The molecule has 0 aromatic rings. The number of imide groups is 1. The highest BCUT2D eigenvalue weighted by atomic mass is 35.5. The fraction of sp³-hybridized carbons (Fsp3) is 0.818. The summed E-state index contributed by atoms with van der Waals surface area (Å²) in [7, 11) is 0. The van der Waals surface area contributed by atoms with E-state index in [0.29, 0.717) is 13.1 Å². The van der Waals surface area contributed by atoms with Crippen LogP contribution in [0.1, 0.15) is 19.3 Å². The first-order valence-electron chi connectivity index (χ1n) is 6.09. The molecule has 0 atom stereocenters. The molecule has 6 heteroatoms. The molecule has 0 spiro atoms. The molecular formula is C11H18ClN3O2. The first-order chi connectivity index (χ1) is 8.20. The molecule has 0 aromatic heterocycles. The number of piperazine rings is 1. The zero-order valence-corrected chi connectivity index (χ0v) is 10.6. The maximum atomic E-state index is 11.7. The van der Waals surface area contributed by atoms with E-state index in [1.807, 2.05) is 0 Å². The molecule has 1 saturated carbocycles. The summed E-state index contributed by atoms with van der Waals surface area (Å²) in [4.78, 5) is 27.1. The number of hydrogen-bond donors (Lipinski definition) is 1. The van der Waals surface area contributed by atoms with E-state index in [-0.39, 0.29) is 24.2 Å². The third-order valence-corrected chi connectivity index (χ3v) is 3.42. The minimum absolute atomic E-state index is 0.190. The molecule has 2 aliphatic rings. The number of rotatable bonds is 3. The van der Waals surface area contributed by atoms with Gasteiger partial charge in [-0.2, -0.15) is 0 Å². The third-order valence-electron chi connectivity index (χ3n) is 3.23. The van der Waals surface area contributed by atoms with Gasteiger partial charge in [0, 0.05) is 44.5 Å². The van der Waals surface area contributed by atoms with Gasteiger partial charge in [-0.15, -0.1) is 11.6 Å². The van der Waals surface area contributed by atoms with Crippen LogP contribution in [0.5, 0.6) is 0 Å². The van der Waals surface area contributed by atoms with E-state index in [9.17, 15) is 9.59 Å². The Morgan fingerprint density at radius 2 is 1.82 bits per heavy atom. The van der Waals surface area contributed by atoms with E-state index in [1.54, 1.807) is 4.90 Å². The van der Waals surface area contributed by atoms with Crippen molar-refractivity contribution in [2.45, 2.75) is 25.3 Å². The second-order valence-electron chi connectivity index (χ2n) is 4.55. The van der Waals surface area contributed by atoms with E-state index >= 15 is 0 Å². The first kappa shape index (κ1) is 12.6. The van der Waals surface area contributed by atoms with Gasteiger partial charge in [0.2, 0.25) is 5.91 Å². The highest BCUT2D eigenvalue weighted by Gasteiger charge is 2.32. The van der Waals surface area contributed by atoms with Gasteiger partial charge in [-0.3, -0.25) is 15.0 Å². The number of halogens is 1. The van der Waals surface area contributed by atoms with Crippen molar-refractivity contribution in [3.63, 3.8) is 0 Å². The lowest BCUT2D eigenvalue weighted by Gasteiger charge is -2.34. The van der Waals surface area contributed by atoms with Crippen LogP contribution in [0.3, 0.4) is 0 Å². The summed E-state index contributed by atoms with van der Waals surface area (Å²) in [5.74, 6) is -0.0520. The summed E-state index contributed by atoms with van der Waals surface area (Å²) in [6.07, 6.45) is 2.77. The number of hydrogen-bond acceptors (Lipinski definition) is 3. The molecule has 2 rings (SSSR count). The Hall–Kier alpha value is -0.810. The number of carbonyl (C=O) groups is 2. The number of alkyl halides is 1. The van der Waals surface area contributed by atoms with Crippen molar-refractivity contribution in [2.24, 2.45) is 0 Å². The Kier molecular flexibility index (Phi) is 4.23. The smallest absolute Gasteiger partial charge is 0.322 e. The normalized spacial score (nSPS) is 21.4. The Bertz CT molecular complexity index is 299. The van der Waals surface area contributed by atoms with E-state index in [2.05, 4.69) is 10.2 Å². The van der Waals surface area contributed by atoms with Crippen LogP contribution in [-0.4, -0.2) is 59.8 Å². The molecule has 1 aliphatic heterocycles. The molecule has 1 saturated heterocycles. The minimum atomic E-state index is -0.297. The predicted molar refractivity (Wildman–Crippen MR) is 65.0 cm³/mol. The lowest BCUT2D eigenvalue weighted by molar-refractivity contribution is -0.119. The third kappa shape index (κ3) is 3.57. The van der Waals surface area contributed by atoms with Gasteiger partial charge in [-0.1, -0.05) is 0 Å². The van der Waals surface area contributed by atoms with Gasteiger partial charge >= 0.3 is 6.03 Å². The largest absolute Gasteiger partial charge is 0.324 e. The summed E-state index contributed by atoms with van der Waals surface area (Å²) in [5, 5.41) is 2.36. The van der Waals surface area contributed by atoms with Crippen LogP contribution < -0.4 is 5.32 Å². The second-order valence-corrected chi connectivity index (χ2v) is 4.92. The Morgan fingerprint density at radius 1 is 1.18 bits per heavy atom. The average Bonchev–Trinajstić information content (AvgIpc) is 3.13.